The molecular formula is C11H14O6. The van der Waals surface area contributed by atoms with E-state index in [0.29, 0.717) is 0 Å². The van der Waals surface area contributed by atoms with Gasteiger partial charge in [-0.15, -0.1) is 0 Å². The van der Waals surface area contributed by atoms with E-state index < -0.39 is 36.3 Å². The van der Waals surface area contributed by atoms with Crippen LogP contribution in [0.15, 0.2) is 24.0 Å². The van der Waals surface area contributed by atoms with Crippen molar-refractivity contribution in [2.24, 2.45) is 11.8 Å². The lowest BCUT2D eigenvalue weighted by Crippen LogP contribution is -2.48. The molecule has 1 heterocycles. The van der Waals surface area contributed by atoms with E-state index in [2.05, 4.69) is 4.74 Å². The van der Waals surface area contributed by atoms with Crippen molar-refractivity contribution in [2.45, 2.75) is 11.9 Å². The summed E-state index contributed by atoms with van der Waals surface area (Å²) >= 11 is 0. The molecule has 94 valence electrons. The fraction of sp³-hybridized carbons (Fsp3) is 0.545. The molecule has 6 nitrogen and oxygen atoms in total. The third-order valence-electron chi connectivity index (χ3n) is 3.23. The van der Waals surface area contributed by atoms with Crippen molar-refractivity contribution >= 4 is 5.97 Å². The molecule has 0 saturated heterocycles. The molecule has 0 radical (unpaired) electrons. The van der Waals surface area contributed by atoms with Gasteiger partial charge in [0, 0.05) is 5.92 Å². The number of allylic oxidation sites excluding steroid dienone is 1. The number of methoxy groups -OCH3 is 1. The predicted octanol–water partition coefficient (Wildman–Crippen LogP) is -1.08. The zero-order chi connectivity index (χ0) is 12.6. The largest absolute Gasteiger partial charge is 0.472 e. The predicted molar refractivity (Wildman–Crippen MR) is 55.3 cm³/mol. The maximum Gasteiger partial charge on any atom is 0.337 e. The third-order valence-corrected chi connectivity index (χ3v) is 3.23. The van der Waals surface area contributed by atoms with Gasteiger partial charge in [0.05, 0.1) is 31.5 Å². The van der Waals surface area contributed by atoms with Crippen LogP contribution in [0.4, 0.5) is 0 Å². The summed E-state index contributed by atoms with van der Waals surface area (Å²) in [6, 6.07) is 0. The standard InChI is InChI=1S/C11H14O6/c1-16-9(13)7-4-17-10(14)8-6(7)2-3-11(8,15)5-12/h2-4,6,8,10,12,14-15H,5H2,1H3/t6-,8-,10-,11-/m1/s1. The van der Waals surface area contributed by atoms with Gasteiger partial charge in [0.25, 0.3) is 0 Å². The fourth-order valence-electron chi connectivity index (χ4n) is 2.30. The van der Waals surface area contributed by atoms with Gasteiger partial charge in [0.1, 0.15) is 5.60 Å². The van der Waals surface area contributed by atoms with E-state index in [1.54, 1.807) is 6.08 Å². The minimum absolute atomic E-state index is 0.212. The first kappa shape index (κ1) is 12.1. The first-order valence-electron chi connectivity index (χ1n) is 5.18. The molecule has 0 aromatic carbocycles. The lowest BCUT2D eigenvalue weighted by Gasteiger charge is -2.37. The molecule has 0 amide bonds. The number of carbonyl (C=O) groups excluding carboxylic acids is 1. The van der Waals surface area contributed by atoms with Crippen molar-refractivity contribution < 1.29 is 29.6 Å². The van der Waals surface area contributed by atoms with E-state index in [0.717, 1.165) is 6.26 Å². The molecular weight excluding hydrogens is 228 g/mol. The smallest absolute Gasteiger partial charge is 0.337 e. The second-order valence-electron chi connectivity index (χ2n) is 4.15. The Morgan fingerprint density at radius 1 is 1.65 bits per heavy atom. The third kappa shape index (κ3) is 1.74. The lowest BCUT2D eigenvalue weighted by atomic mass is 9.79. The first-order chi connectivity index (χ1) is 8.03. The van der Waals surface area contributed by atoms with Crippen LogP contribution in [0.25, 0.3) is 0 Å². The second kappa shape index (κ2) is 4.14. The van der Waals surface area contributed by atoms with E-state index in [9.17, 15) is 15.0 Å². The molecule has 4 atom stereocenters. The van der Waals surface area contributed by atoms with E-state index in [1.165, 1.54) is 13.2 Å². The quantitative estimate of drug-likeness (QED) is 0.421. The topological polar surface area (TPSA) is 96.2 Å². The van der Waals surface area contributed by atoms with Crippen LogP contribution in [0, 0.1) is 11.8 Å². The van der Waals surface area contributed by atoms with Crippen LogP contribution >= 0.6 is 0 Å². The van der Waals surface area contributed by atoms with Crippen LogP contribution in [-0.4, -0.2) is 46.9 Å². The maximum absolute atomic E-state index is 11.5. The molecule has 0 saturated carbocycles. The highest BCUT2D eigenvalue weighted by Gasteiger charge is 2.52. The van der Waals surface area contributed by atoms with Gasteiger partial charge in [0.15, 0.2) is 0 Å². The van der Waals surface area contributed by atoms with Gasteiger partial charge in [-0.3, -0.25) is 0 Å². The van der Waals surface area contributed by atoms with Gasteiger partial charge in [-0.2, -0.15) is 0 Å². The Balaban J connectivity index is 2.34. The summed E-state index contributed by atoms with van der Waals surface area (Å²) in [6.45, 7) is -0.556. The van der Waals surface area contributed by atoms with Crippen molar-refractivity contribution in [1.82, 2.24) is 0 Å². The highest BCUT2D eigenvalue weighted by molar-refractivity contribution is 5.89. The van der Waals surface area contributed by atoms with Crippen LogP contribution < -0.4 is 0 Å². The summed E-state index contributed by atoms with van der Waals surface area (Å²) in [7, 11) is 1.24. The number of aliphatic hydroxyl groups excluding tert-OH is 2. The van der Waals surface area contributed by atoms with Crippen LogP contribution in [0.3, 0.4) is 0 Å². The number of fused-ring (bicyclic) bond motifs is 1. The molecule has 0 bridgehead atoms. The van der Waals surface area contributed by atoms with E-state index in [4.69, 9.17) is 9.84 Å². The maximum atomic E-state index is 11.5. The molecule has 1 aliphatic carbocycles. The van der Waals surface area contributed by atoms with E-state index in [-0.39, 0.29) is 5.57 Å². The molecule has 2 rings (SSSR count). The molecule has 17 heavy (non-hydrogen) atoms. The average molecular weight is 242 g/mol. The van der Waals surface area contributed by atoms with Gasteiger partial charge in [-0.1, -0.05) is 12.2 Å². The van der Waals surface area contributed by atoms with Crippen molar-refractivity contribution in [3.63, 3.8) is 0 Å². The van der Waals surface area contributed by atoms with Crippen molar-refractivity contribution in [3.8, 4) is 0 Å². The molecule has 0 aromatic rings. The van der Waals surface area contributed by atoms with E-state index in [1.807, 2.05) is 0 Å². The summed E-state index contributed by atoms with van der Waals surface area (Å²) in [5, 5.41) is 28.9. The highest BCUT2D eigenvalue weighted by Crippen LogP contribution is 2.43. The Kier molecular flexibility index (Phi) is 2.94. The van der Waals surface area contributed by atoms with Gasteiger partial charge < -0.3 is 24.8 Å². The number of esters is 1. The summed E-state index contributed by atoms with van der Waals surface area (Å²) < 4.78 is 9.49. The van der Waals surface area contributed by atoms with Gasteiger partial charge in [0.2, 0.25) is 6.29 Å². The lowest BCUT2D eigenvalue weighted by molar-refractivity contribution is -0.171. The fourth-order valence-corrected chi connectivity index (χ4v) is 2.30. The van der Waals surface area contributed by atoms with Crippen molar-refractivity contribution in [3.05, 3.63) is 24.0 Å². The number of carbonyl (C=O) groups is 1. The normalized spacial score (nSPS) is 39.3. The Morgan fingerprint density at radius 2 is 2.35 bits per heavy atom. The molecule has 0 unspecified atom stereocenters. The summed E-state index contributed by atoms with van der Waals surface area (Å²) in [5.74, 6) is -1.92. The summed E-state index contributed by atoms with van der Waals surface area (Å²) in [6.07, 6.45) is 2.79. The van der Waals surface area contributed by atoms with Crippen molar-refractivity contribution in [1.29, 1.82) is 0 Å². The second-order valence-corrected chi connectivity index (χ2v) is 4.15. The SMILES string of the molecule is COC(=O)C1=CO[C@@H](O)[C@H]2[C@@H]1C=C[C@@]2(O)CO. The highest BCUT2D eigenvalue weighted by atomic mass is 16.6. The van der Waals surface area contributed by atoms with Crippen LogP contribution in [0.2, 0.25) is 0 Å². The number of hydrogen-bond acceptors (Lipinski definition) is 6. The monoisotopic (exact) mass is 242 g/mol. The molecule has 0 aromatic heterocycles. The summed E-state index contributed by atoms with van der Waals surface area (Å²) in [4.78, 5) is 11.5. The first-order valence-corrected chi connectivity index (χ1v) is 5.18. The Morgan fingerprint density at radius 3 is 2.94 bits per heavy atom. The Bertz CT molecular complexity index is 387. The zero-order valence-corrected chi connectivity index (χ0v) is 9.24. The number of ether oxygens (including phenoxy) is 2. The molecule has 3 N–H and O–H groups in total. The Hall–Kier alpha value is -1.37. The average Bonchev–Trinajstić information content (AvgIpc) is 2.69. The summed E-state index contributed by atoms with van der Waals surface area (Å²) in [5.41, 5.74) is -1.37. The zero-order valence-electron chi connectivity index (χ0n) is 9.24. The van der Waals surface area contributed by atoms with E-state index >= 15 is 0 Å². The molecule has 0 spiro atoms. The molecule has 6 heteroatoms. The minimum atomic E-state index is -1.59. The molecule has 0 fully saturated rings. The number of rotatable bonds is 2. The molecule has 2 aliphatic rings. The number of aliphatic hydroxyl groups is 3. The van der Waals surface area contributed by atoms with Crippen molar-refractivity contribution in [2.75, 3.05) is 13.7 Å². The van der Waals surface area contributed by atoms with Gasteiger partial charge in [-0.05, 0) is 0 Å². The van der Waals surface area contributed by atoms with Gasteiger partial charge >= 0.3 is 5.97 Å². The van der Waals surface area contributed by atoms with Crippen LogP contribution in [-0.2, 0) is 14.3 Å². The molecule has 1 aliphatic heterocycles. The van der Waals surface area contributed by atoms with Crippen LogP contribution in [0.5, 0.6) is 0 Å². The minimum Gasteiger partial charge on any atom is -0.472 e. The van der Waals surface area contributed by atoms with Crippen LogP contribution in [0.1, 0.15) is 0 Å². The Labute approximate surface area is 97.8 Å². The number of hydrogen-bond donors (Lipinski definition) is 3. The van der Waals surface area contributed by atoms with Gasteiger partial charge in [-0.25, -0.2) is 4.79 Å².